The van der Waals surface area contributed by atoms with Crippen LogP contribution in [0.25, 0.3) is 0 Å². The number of imide groups is 1. The summed E-state index contributed by atoms with van der Waals surface area (Å²) in [6.07, 6.45) is 0.0187. The van der Waals surface area contributed by atoms with E-state index in [2.05, 4.69) is 5.32 Å². The summed E-state index contributed by atoms with van der Waals surface area (Å²) in [5, 5.41) is 11.5. The molecule has 2 unspecified atom stereocenters. The molecule has 176 valence electrons. The Balaban J connectivity index is 2.06. The number of carbonyl (C=O) groups is 3. The number of rotatable bonds is 10. The lowest BCUT2D eigenvalue weighted by molar-refractivity contribution is -0.118. The van der Waals surface area contributed by atoms with E-state index in [0.29, 0.717) is 23.7 Å². The van der Waals surface area contributed by atoms with Crippen molar-refractivity contribution < 1.29 is 37.7 Å². The molecule has 1 aliphatic heterocycles. The van der Waals surface area contributed by atoms with Gasteiger partial charge in [-0.05, 0) is 43.2 Å². The Hall–Kier alpha value is -3.28. The molecule has 0 aliphatic carbocycles. The van der Waals surface area contributed by atoms with E-state index in [9.17, 15) is 23.1 Å². The van der Waals surface area contributed by atoms with Crippen molar-refractivity contribution in [2.45, 2.75) is 19.4 Å². The van der Waals surface area contributed by atoms with E-state index >= 15 is 0 Å². The first-order valence-electron chi connectivity index (χ1n) is 10.1. The second-order valence-electron chi connectivity index (χ2n) is 7.09. The fourth-order valence-corrected chi connectivity index (χ4v) is 4.13. The minimum absolute atomic E-state index is 0.00188. The average Bonchev–Trinajstić information content (AvgIpc) is 3.05. The molecular weight excluding hydrogens is 452 g/mol. The lowest BCUT2D eigenvalue weighted by Crippen LogP contribution is -2.35. The van der Waals surface area contributed by atoms with Gasteiger partial charge >= 0.3 is 0 Å². The third-order valence-electron chi connectivity index (χ3n) is 5.11. The zero-order chi connectivity index (χ0) is 24.1. The normalized spacial score (nSPS) is 14.6. The first-order valence-corrected chi connectivity index (χ1v) is 11.4. The molecule has 1 aliphatic rings. The number of aliphatic hydroxyl groups is 1. The van der Waals surface area contributed by atoms with Crippen molar-refractivity contribution in [1.29, 1.82) is 0 Å². The molecule has 33 heavy (non-hydrogen) atoms. The minimum atomic E-state index is -2.15. The van der Waals surface area contributed by atoms with Crippen molar-refractivity contribution in [2.75, 3.05) is 31.4 Å². The van der Waals surface area contributed by atoms with E-state index in [-0.39, 0.29) is 29.0 Å². The molecular formula is C22H24N2O8S. The van der Waals surface area contributed by atoms with Gasteiger partial charge in [0, 0.05) is 0 Å². The van der Waals surface area contributed by atoms with Crippen molar-refractivity contribution in [3.05, 3.63) is 53.1 Å². The van der Waals surface area contributed by atoms with Gasteiger partial charge in [0.25, 0.3) is 11.8 Å². The number of methoxy groups -OCH3 is 1. The Bertz CT molecular complexity index is 1100. The van der Waals surface area contributed by atoms with Gasteiger partial charge in [-0.25, -0.2) is 4.21 Å². The summed E-state index contributed by atoms with van der Waals surface area (Å²) in [5.41, 5.74) is 0.698. The maximum atomic E-state index is 13.4. The molecule has 10 nitrogen and oxygen atoms in total. The zero-order valence-electron chi connectivity index (χ0n) is 18.1. The van der Waals surface area contributed by atoms with Crippen molar-refractivity contribution in [1.82, 2.24) is 4.90 Å². The molecule has 3 N–H and O–H groups in total. The number of benzene rings is 2. The van der Waals surface area contributed by atoms with Crippen LogP contribution in [0, 0.1) is 0 Å². The molecule has 0 spiro atoms. The molecule has 0 bridgehead atoms. The first kappa shape index (κ1) is 24.4. The first-order chi connectivity index (χ1) is 15.8. The Labute approximate surface area is 192 Å². The number of carbonyl (C=O) groups excluding carboxylic acids is 3. The largest absolute Gasteiger partial charge is 0.493 e. The molecule has 3 amide bonds. The van der Waals surface area contributed by atoms with Gasteiger partial charge < -0.3 is 24.4 Å². The van der Waals surface area contributed by atoms with Gasteiger partial charge in [0.05, 0.1) is 42.3 Å². The lowest BCUT2D eigenvalue weighted by atomic mass is 10.0. The van der Waals surface area contributed by atoms with Gasteiger partial charge in [-0.1, -0.05) is 12.1 Å². The maximum Gasteiger partial charge on any atom is 0.264 e. The van der Waals surface area contributed by atoms with Crippen LogP contribution in [0.4, 0.5) is 5.69 Å². The van der Waals surface area contributed by atoms with Crippen LogP contribution in [-0.4, -0.2) is 62.6 Å². The summed E-state index contributed by atoms with van der Waals surface area (Å²) < 4.78 is 31.7. The highest BCUT2D eigenvalue weighted by atomic mass is 32.2. The molecule has 2 aromatic carbocycles. The number of anilines is 1. The molecule has 11 heteroatoms. The Morgan fingerprint density at radius 1 is 1.18 bits per heavy atom. The molecule has 0 saturated heterocycles. The van der Waals surface area contributed by atoms with Crippen LogP contribution in [0.15, 0.2) is 36.4 Å². The molecule has 3 rings (SSSR count). The Morgan fingerprint density at radius 2 is 1.94 bits per heavy atom. The highest BCUT2D eigenvalue weighted by Crippen LogP contribution is 2.39. The van der Waals surface area contributed by atoms with E-state index in [1.165, 1.54) is 25.3 Å². The molecule has 2 atom stereocenters. The van der Waals surface area contributed by atoms with Gasteiger partial charge in [0.1, 0.15) is 6.61 Å². The third-order valence-corrected chi connectivity index (χ3v) is 5.70. The molecule has 0 aromatic heterocycles. The van der Waals surface area contributed by atoms with Crippen LogP contribution >= 0.6 is 0 Å². The van der Waals surface area contributed by atoms with Crippen LogP contribution < -0.4 is 14.8 Å². The number of fused-ring (bicyclic) bond motifs is 1. The predicted octanol–water partition coefficient (Wildman–Crippen LogP) is 1.97. The van der Waals surface area contributed by atoms with Crippen LogP contribution in [0.5, 0.6) is 11.5 Å². The summed E-state index contributed by atoms with van der Waals surface area (Å²) >= 11 is -2.15. The van der Waals surface area contributed by atoms with Crippen molar-refractivity contribution in [3.63, 3.8) is 0 Å². The van der Waals surface area contributed by atoms with Crippen molar-refractivity contribution in [2.24, 2.45) is 0 Å². The van der Waals surface area contributed by atoms with E-state index in [1.54, 1.807) is 25.1 Å². The topological polar surface area (TPSA) is 142 Å². The Kier molecular flexibility index (Phi) is 7.79. The second-order valence-corrected chi connectivity index (χ2v) is 8.14. The monoisotopic (exact) mass is 476 g/mol. The third kappa shape index (κ3) is 5.05. The number of amides is 3. The highest BCUT2D eigenvalue weighted by molar-refractivity contribution is 7.79. The molecule has 0 radical (unpaired) electrons. The van der Waals surface area contributed by atoms with Crippen molar-refractivity contribution >= 4 is 34.5 Å². The highest BCUT2D eigenvalue weighted by Gasteiger charge is 2.42. The fourth-order valence-electron chi connectivity index (χ4n) is 3.71. The van der Waals surface area contributed by atoms with Crippen LogP contribution in [0.1, 0.15) is 45.7 Å². The van der Waals surface area contributed by atoms with Gasteiger partial charge in [-0.3, -0.25) is 19.3 Å². The SMILES string of the molecule is CCOc1cc(C(CCS(=O)O)N2C(=O)c3cccc(NC(=O)CO)c3C2=O)ccc1OC. The van der Waals surface area contributed by atoms with Crippen molar-refractivity contribution in [3.8, 4) is 11.5 Å². The smallest absolute Gasteiger partial charge is 0.264 e. The number of nitrogens with one attached hydrogen (secondary N) is 1. The molecule has 2 aromatic rings. The second kappa shape index (κ2) is 10.6. The number of hydrogen-bond donors (Lipinski definition) is 3. The van der Waals surface area contributed by atoms with E-state index in [4.69, 9.17) is 14.6 Å². The van der Waals surface area contributed by atoms with Gasteiger partial charge in [-0.2, -0.15) is 0 Å². The van der Waals surface area contributed by atoms with Crippen LogP contribution in [-0.2, 0) is 15.9 Å². The maximum absolute atomic E-state index is 13.4. The minimum Gasteiger partial charge on any atom is -0.493 e. The summed E-state index contributed by atoms with van der Waals surface area (Å²) in [7, 11) is 1.48. The summed E-state index contributed by atoms with van der Waals surface area (Å²) in [6.45, 7) is 1.36. The number of nitrogens with zero attached hydrogens (tertiary/aromatic N) is 1. The van der Waals surface area contributed by atoms with E-state index < -0.39 is 41.5 Å². The molecule has 1 heterocycles. The van der Waals surface area contributed by atoms with Gasteiger partial charge in [-0.15, -0.1) is 0 Å². The van der Waals surface area contributed by atoms with E-state index in [0.717, 1.165) is 4.90 Å². The van der Waals surface area contributed by atoms with Crippen LogP contribution in [0.2, 0.25) is 0 Å². The summed E-state index contributed by atoms with van der Waals surface area (Å²) in [4.78, 5) is 39.3. The van der Waals surface area contributed by atoms with E-state index in [1.807, 2.05) is 0 Å². The quantitative estimate of drug-likeness (QED) is 0.349. The van der Waals surface area contributed by atoms with Gasteiger partial charge in [0.2, 0.25) is 5.91 Å². The number of hydrogen-bond acceptors (Lipinski definition) is 7. The standard InChI is InChI=1S/C22H24N2O8S/c1-3-32-18-11-13(7-8-17(18)31-2)16(9-10-33(29)30)24-21(27)14-5-4-6-15(20(14)22(24)28)23-19(26)12-25/h4-8,11,16,25H,3,9-10,12H2,1-2H3,(H,23,26)(H,29,30). The number of ether oxygens (including phenoxy) is 2. The average molecular weight is 477 g/mol. The predicted molar refractivity (Wildman–Crippen MR) is 120 cm³/mol. The fraction of sp³-hybridized carbons (Fsp3) is 0.318. The number of aliphatic hydroxyl groups excluding tert-OH is 1. The molecule has 0 fully saturated rings. The van der Waals surface area contributed by atoms with Gasteiger partial charge in [0.15, 0.2) is 22.6 Å². The summed E-state index contributed by atoms with van der Waals surface area (Å²) in [5.74, 6) is -1.31. The summed E-state index contributed by atoms with van der Waals surface area (Å²) in [6, 6.07) is 8.48. The van der Waals surface area contributed by atoms with Crippen LogP contribution in [0.3, 0.4) is 0 Å². The Morgan fingerprint density at radius 3 is 2.58 bits per heavy atom. The lowest BCUT2D eigenvalue weighted by Gasteiger charge is -2.27. The zero-order valence-corrected chi connectivity index (χ0v) is 18.9. The molecule has 0 saturated carbocycles.